The van der Waals surface area contributed by atoms with Gasteiger partial charge in [-0.25, -0.2) is 4.99 Å². The van der Waals surface area contributed by atoms with E-state index < -0.39 is 77.5 Å². The third-order valence-electron chi connectivity index (χ3n) is 13.6. The Morgan fingerprint density at radius 3 is 1.26 bits per heavy atom. The largest absolute Gasteiger partial charge is 0.544 e. The number of thioether (sulfide) groups is 1. The minimum Gasteiger partial charge on any atom is -0.544 e. The van der Waals surface area contributed by atoms with Gasteiger partial charge in [0.15, 0.2) is 11.6 Å². The predicted molar refractivity (Wildman–Crippen MR) is 362 cm³/mol. The summed E-state index contributed by atoms with van der Waals surface area (Å²) >= 11 is 1.47. The van der Waals surface area contributed by atoms with Crippen LogP contribution in [0.2, 0.25) is 0 Å². The molecule has 0 spiro atoms. The van der Waals surface area contributed by atoms with E-state index >= 15 is 0 Å². The van der Waals surface area contributed by atoms with Crippen molar-refractivity contribution in [2.24, 2.45) is 22.6 Å². The molecule has 1 unspecified atom stereocenters. The number of nitrogens with two attached hydrogens (primary N) is 1. The van der Waals surface area contributed by atoms with Crippen LogP contribution >= 0.6 is 11.8 Å². The van der Waals surface area contributed by atoms with Crippen molar-refractivity contribution in [2.45, 2.75) is 171 Å². The van der Waals surface area contributed by atoms with Crippen LogP contribution in [0.4, 0.5) is 0 Å². The molecule has 1 aliphatic rings. The monoisotopic (exact) mass is 1370 g/mol. The maximum absolute atomic E-state index is 12.2. The molecule has 5 aromatic rings. The molecule has 25 heteroatoms. The van der Waals surface area contributed by atoms with Crippen LogP contribution in [0.5, 0.6) is 0 Å². The molecule has 0 heterocycles. The van der Waals surface area contributed by atoms with Gasteiger partial charge in [0.2, 0.25) is 17.5 Å². The van der Waals surface area contributed by atoms with Gasteiger partial charge in [0.1, 0.15) is 47.6 Å². The predicted octanol–water partition coefficient (Wildman–Crippen LogP) is 0.338. The van der Waals surface area contributed by atoms with Gasteiger partial charge in [0.05, 0.1) is 42.0 Å². The summed E-state index contributed by atoms with van der Waals surface area (Å²) in [6, 6.07) is 30.0. The number of carboxylic acids is 5. The molecule has 6 atom stereocenters. The molecule has 1 fully saturated rings. The zero-order valence-electron chi connectivity index (χ0n) is 52.1. The summed E-state index contributed by atoms with van der Waals surface area (Å²) in [7, 11) is 0. The summed E-state index contributed by atoms with van der Waals surface area (Å²) in [5.74, 6) is -7.65. The lowest BCUT2D eigenvalue weighted by atomic mass is 9.94. The standard InChI is InChI=1S/C15H17NO4.2C14H17NO4.C12H14N2O3.C12H15NO3S.5CH4/c16-12(15(19)20)8-9-4-6-10(7-5-9)14(18)11-2-1-3-13(11)17;1-8(2)12(16)13(17)10-5-3-9(4-6-10)7-11(15)14(18)19;1-2-11(16)8-13(17)10-5-3-9(4-6-10)7-12(15)14(18)19;1-8(15)14-7-10-4-2-9(3-5-10)6-11(13)12(16)17;1-8(14)7-17-10-4-2-9(3-5-10)6-11(13)12(15)16;;;;;/h4-7,11-12H,1-3,8,16H2,(H,19,20);3-6,8,11H,7,15H2,1-2H3,(H,18,19);3-6,12H,2,7-8,15H2,1H3,(H,18,19);2-5,7,11H,6,13H2,1H3,(H,16,17);2-5,11H,6-7,13H2,1H3,(H,15,16);5*1H4/t11?,12-;11-;12-;2*11-;;;;;/m00000...../s1. The summed E-state index contributed by atoms with van der Waals surface area (Å²) in [5, 5.41) is 51.0. The summed E-state index contributed by atoms with van der Waals surface area (Å²) < 4.78 is 0. The molecule has 0 radical (unpaired) electrons. The first-order valence-electron chi connectivity index (χ1n) is 29.2. The summed E-state index contributed by atoms with van der Waals surface area (Å²) in [5.41, 5.74) is 25.4. The number of carbonyl (C=O) groups is 13. The van der Waals surface area contributed by atoms with Gasteiger partial charge in [-0.2, -0.15) is 0 Å². The molecular formula is C72H100N6O18S. The molecule has 0 aromatic heterocycles. The van der Waals surface area contributed by atoms with Gasteiger partial charge >= 0.3 is 5.97 Å². The van der Waals surface area contributed by atoms with E-state index in [2.05, 4.69) is 27.9 Å². The van der Waals surface area contributed by atoms with E-state index in [1.54, 1.807) is 113 Å². The minimum atomic E-state index is -1.21. The molecule has 1 aliphatic carbocycles. The molecule has 24 nitrogen and oxygen atoms in total. The quantitative estimate of drug-likeness (QED) is 0.0129. The van der Waals surface area contributed by atoms with Gasteiger partial charge in [-0.15, -0.1) is 11.8 Å². The number of quaternary nitrogens is 4. The number of rotatable bonds is 28. The fourth-order valence-electron chi connectivity index (χ4n) is 8.15. The lowest BCUT2D eigenvalue weighted by molar-refractivity contribution is -0.437. The second-order valence-electron chi connectivity index (χ2n) is 21.9. The highest BCUT2D eigenvalue weighted by Crippen LogP contribution is 2.25. The smallest absolute Gasteiger partial charge is 0.320 e. The van der Waals surface area contributed by atoms with Crippen molar-refractivity contribution in [3.05, 3.63) is 171 Å². The number of hydrogen-bond donors (Lipinski definition) is 6. The van der Waals surface area contributed by atoms with E-state index in [-0.39, 0.29) is 110 Å². The highest BCUT2D eigenvalue weighted by atomic mass is 32.2. The average Bonchev–Trinajstić information content (AvgIpc) is 1.87. The van der Waals surface area contributed by atoms with Gasteiger partial charge in [0.25, 0.3) is 0 Å². The van der Waals surface area contributed by atoms with Crippen molar-refractivity contribution < 1.29 is 111 Å². The van der Waals surface area contributed by atoms with E-state index in [9.17, 15) is 82.8 Å². The number of amides is 1. The molecular weight excluding hydrogens is 1270 g/mol. The number of aliphatic carboxylic acids is 5. The van der Waals surface area contributed by atoms with Crippen LogP contribution in [0.15, 0.2) is 131 Å². The van der Waals surface area contributed by atoms with Crippen LogP contribution < -0.4 is 49.1 Å². The minimum absolute atomic E-state index is 0. The summed E-state index contributed by atoms with van der Waals surface area (Å²) in [6.45, 7) is 7.97. The van der Waals surface area contributed by atoms with Crippen LogP contribution in [-0.2, 0) is 80.0 Å². The Morgan fingerprint density at radius 2 is 0.928 bits per heavy atom. The van der Waals surface area contributed by atoms with Gasteiger partial charge in [-0.05, 0) is 71.7 Å². The molecule has 0 bridgehead atoms. The summed E-state index contributed by atoms with van der Waals surface area (Å²) in [6.07, 6.45) is 5.00. The van der Waals surface area contributed by atoms with E-state index in [4.69, 9.17) is 10.8 Å². The Morgan fingerprint density at radius 1 is 0.567 bits per heavy atom. The Bertz CT molecular complexity index is 3390. The van der Waals surface area contributed by atoms with E-state index in [0.717, 1.165) is 44.7 Å². The maximum Gasteiger partial charge on any atom is 0.320 e. The first-order chi connectivity index (χ1) is 43.2. The molecule has 1 amide bonds. The lowest BCUT2D eigenvalue weighted by Crippen LogP contribution is -2.69. The number of aliphatic imine (C=N–C) groups is 1. The van der Waals surface area contributed by atoms with Gasteiger partial charge < -0.3 is 73.4 Å². The zero-order valence-corrected chi connectivity index (χ0v) is 52.9. The SMILES string of the molecule is C.C.C.C.C.CC(=O)CSc1ccc(C[C@H]([NH3+])C(=O)[O-])cc1.CC(=O)N=Cc1ccc(C[C@H](N)C(=O)O)cc1.CC(C)C(=O)C(=O)c1ccc(C[C@H]([NH3+])C(=O)[O-])cc1.CCC(=O)CC(=O)c1ccc(C[C@H]([NH3+])C(=O)[O-])cc1.[NH3+][C@@H](Cc1ccc(C(=O)C2CCCC2=O)cc1)C(=O)[O-]. The second-order valence-corrected chi connectivity index (χ2v) is 22.9. The second kappa shape index (κ2) is 48.3. The molecule has 97 heavy (non-hydrogen) atoms. The number of nitrogens with zero attached hydrogens (tertiary/aromatic N) is 1. The van der Waals surface area contributed by atoms with Crippen molar-refractivity contribution in [1.29, 1.82) is 0 Å². The van der Waals surface area contributed by atoms with Crippen LogP contribution in [-0.4, -0.2) is 124 Å². The zero-order chi connectivity index (χ0) is 69.4. The number of carboxylic acid groups (broad SMARTS) is 5. The molecule has 0 saturated heterocycles. The fraction of sp³-hybridized carbons (Fsp3) is 0.389. The normalized spacial score (nSPS) is 13.1. The van der Waals surface area contributed by atoms with Crippen LogP contribution in [0.3, 0.4) is 0 Å². The molecule has 0 aliphatic heterocycles. The highest BCUT2D eigenvalue weighted by Gasteiger charge is 2.31. The molecule has 15 N–H and O–H groups in total. The van der Waals surface area contributed by atoms with E-state index in [0.29, 0.717) is 48.1 Å². The fourth-order valence-corrected chi connectivity index (χ4v) is 8.85. The Kier molecular flexibility index (Phi) is 46.9. The van der Waals surface area contributed by atoms with Crippen molar-refractivity contribution in [2.75, 3.05) is 5.75 Å². The van der Waals surface area contributed by atoms with Crippen molar-refractivity contribution in [3.8, 4) is 0 Å². The van der Waals surface area contributed by atoms with Gasteiger partial charge in [-0.3, -0.25) is 43.2 Å². The number of benzene rings is 5. The first-order valence-corrected chi connectivity index (χ1v) is 30.2. The number of hydrogen-bond acceptors (Lipinski definition) is 19. The van der Waals surface area contributed by atoms with Gasteiger partial charge in [0, 0.05) is 79.2 Å². The van der Waals surface area contributed by atoms with Crippen LogP contribution in [0.25, 0.3) is 0 Å². The van der Waals surface area contributed by atoms with Crippen LogP contribution in [0.1, 0.15) is 168 Å². The van der Waals surface area contributed by atoms with Crippen molar-refractivity contribution in [1.82, 2.24) is 0 Å². The lowest BCUT2D eigenvalue weighted by Gasteiger charge is -2.10. The number of Topliss-reactive ketones (excluding diaryl/α,β-unsaturated/α-hetero) is 7. The summed E-state index contributed by atoms with van der Waals surface area (Å²) in [4.78, 5) is 149. The maximum atomic E-state index is 12.2. The molecule has 532 valence electrons. The highest BCUT2D eigenvalue weighted by molar-refractivity contribution is 8.00. The Hall–Kier alpha value is -9.37. The number of carbonyl (C=O) groups excluding carboxylic acids is 12. The number of ketones is 7. The third-order valence-corrected chi connectivity index (χ3v) is 14.8. The Labute approximate surface area is 573 Å². The van der Waals surface area contributed by atoms with Gasteiger partial charge in [-0.1, -0.05) is 167 Å². The van der Waals surface area contributed by atoms with E-state index in [1.807, 2.05) is 24.3 Å². The van der Waals surface area contributed by atoms with Crippen molar-refractivity contribution in [3.63, 3.8) is 0 Å². The topological polar surface area (TPSA) is 483 Å². The van der Waals surface area contributed by atoms with Crippen LogP contribution in [0, 0.1) is 11.8 Å². The van der Waals surface area contributed by atoms with Crippen molar-refractivity contribution >= 4 is 94.2 Å². The molecule has 1 saturated carbocycles. The third kappa shape index (κ3) is 36.4. The first kappa shape index (κ1) is 94.0. The molecule has 6 rings (SSSR count). The van der Waals surface area contributed by atoms with E-state index in [1.165, 1.54) is 37.0 Å². The Balaban J connectivity index is -0.000000551. The average molecular weight is 1370 g/mol. The molecule has 5 aromatic carbocycles.